The van der Waals surface area contributed by atoms with E-state index in [2.05, 4.69) is 60.4 Å². The van der Waals surface area contributed by atoms with Crippen molar-refractivity contribution in [2.75, 3.05) is 11.4 Å². The highest BCUT2D eigenvalue weighted by Gasteiger charge is 2.33. The second-order valence-electron chi connectivity index (χ2n) is 7.64. The molecule has 2 aliphatic heterocycles. The summed E-state index contributed by atoms with van der Waals surface area (Å²) in [5.41, 5.74) is 4.35. The number of allylic oxidation sites excluding steroid dienone is 2. The van der Waals surface area contributed by atoms with Gasteiger partial charge in [0, 0.05) is 11.4 Å². The van der Waals surface area contributed by atoms with Gasteiger partial charge in [0.05, 0.1) is 21.3 Å². The Kier molecular flexibility index (Phi) is 6.72. The second kappa shape index (κ2) is 10.1. The fraction of sp³-hybridized carbons (Fsp3) is 0.0714. The van der Waals surface area contributed by atoms with Crippen LogP contribution in [-0.4, -0.2) is 21.7 Å². The molecule has 2 heterocycles. The number of para-hydroxylation sites is 1. The third kappa shape index (κ3) is 4.37. The van der Waals surface area contributed by atoms with Gasteiger partial charge in [0.15, 0.2) is 4.32 Å². The summed E-state index contributed by atoms with van der Waals surface area (Å²) in [5.74, 6) is -0.0800. The van der Waals surface area contributed by atoms with E-state index in [0.717, 1.165) is 17.3 Å². The molecule has 0 aliphatic carbocycles. The Labute approximate surface area is 213 Å². The van der Waals surface area contributed by atoms with Crippen LogP contribution in [0.25, 0.3) is 10.6 Å². The van der Waals surface area contributed by atoms with Gasteiger partial charge in [-0.3, -0.25) is 9.69 Å². The van der Waals surface area contributed by atoms with Crippen molar-refractivity contribution in [3.8, 4) is 0 Å². The van der Waals surface area contributed by atoms with Crippen LogP contribution in [0.1, 0.15) is 18.1 Å². The summed E-state index contributed by atoms with van der Waals surface area (Å²) in [7, 11) is 0. The van der Waals surface area contributed by atoms with Gasteiger partial charge in [-0.25, -0.2) is 0 Å². The van der Waals surface area contributed by atoms with Crippen LogP contribution in [0.4, 0.5) is 5.69 Å². The van der Waals surface area contributed by atoms with E-state index in [4.69, 9.17) is 12.2 Å². The van der Waals surface area contributed by atoms with Crippen molar-refractivity contribution >= 4 is 62.3 Å². The molecule has 34 heavy (non-hydrogen) atoms. The first-order valence-electron chi connectivity index (χ1n) is 11.0. The van der Waals surface area contributed by atoms with Crippen LogP contribution in [0.5, 0.6) is 0 Å². The first-order valence-corrected chi connectivity index (χ1v) is 13.1. The summed E-state index contributed by atoms with van der Waals surface area (Å²) in [6.45, 7) is 2.97. The lowest BCUT2D eigenvalue weighted by Gasteiger charge is -2.21. The Bertz CT molecular complexity index is 1320. The van der Waals surface area contributed by atoms with E-state index in [1.807, 2.05) is 54.6 Å². The normalized spacial score (nSPS) is 18.6. The molecule has 0 aromatic heterocycles. The van der Waals surface area contributed by atoms with Crippen molar-refractivity contribution in [1.29, 1.82) is 0 Å². The Hall–Kier alpha value is -3.06. The van der Waals surface area contributed by atoms with Gasteiger partial charge in [-0.1, -0.05) is 115 Å². The quantitative estimate of drug-likeness (QED) is 0.270. The first-order chi connectivity index (χ1) is 16.7. The van der Waals surface area contributed by atoms with E-state index in [1.165, 1.54) is 33.5 Å². The number of anilines is 1. The third-order valence-electron chi connectivity index (χ3n) is 5.54. The van der Waals surface area contributed by atoms with Gasteiger partial charge < -0.3 is 4.90 Å². The van der Waals surface area contributed by atoms with Crippen LogP contribution in [-0.2, 0) is 4.79 Å². The van der Waals surface area contributed by atoms with Gasteiger partial charge in [0.1, 0.15) is 0 Å². The number of nitrogens with zero attached hydrogens (tertiary/aromatic N) is 2. The van der Waals surface area contributed by atoms with Crippen molar-refractivity contribution < 1.29 is 4.79 Å². The van der Waals surface area contributed by atoms with E-state index in [0.29, 0.717) is 9.23 Å². The van der Waals surface area contributed by atoms with Crippen LogP contribution in [0.3, 0.4) is 0 Å². The zero-order chi connectivity index (χ0) is 23.5. The van der Waals surface area contributed by atoms with E-state index in [1.54, 1.807) is 16.7 Å². The molecule has 0 unspecified atom stereocenters. The number of hydrogen-bond acceptors (Lipinski definition) is 5. The maximum atomic E-state index is 13.1. The molecule has 0 atom stereocenters. The van der Waals surface area contributed by atoms with Gasteiger partial charge in [0.25, 0.3) is 5.91 Å². The highest BCUT2D eigenvalue weighted by atomic mass is 32.2. The predicted molar refractivity (Wildman–Crippen MR) is 150 cm³/mol. The molecule has 2 aliphatic rings. The van der Waals surface area contributed by atoms with Crippen LogP contribution in [0, 0.1) is 0 Å². The topological polar surface area (TPSA) is 23.6 Å². The molecule has 0 N–H and O–H groups in total. The summed E-state index contributed by atoms with van der Waals surface area (Å²) < 4.78 is 0.556. The number of carbonyl (C=O) groups excluding carboxylic acids is 1. The Morgan fingerprint density at radius 3 is 2.00 bits per heavy atom. The summed E-state index contributed by atoms with van der Waals surface area (Å²) >= 11 is 8.60. The van der Waals surface area contributed by atoms with Crippen molar-refractivity contribution in [3.05, 3.63) is 124 Å². The van der Waals surface area contributed by atoms with E-state index < -0.39 is 0 Å². The number of carbonyl (C=O) groups is 1. The summed E-state index contributed by atoms with van der Waals surface area (Å²) in [5, 5.41) is 1.09. The molecule has 6 heteroatoms. The predicted octanol–water partition coefficient (Wildman–Crippen LogP) is 7.37. The van der Waals surface area contributed by atoms with Crippen molar-refractivity contribution in [3.63, 3.8) is 0 Å². The number of benzene rings is 3. The standard InChI is InChI=1S/C28H22N2OS3/c1-2-29-24(19-18-23-27(31)30(28(32)33-23)22-16-10-5-11-17-22)34-26(21-14-8-4-9-15-21)25(29)20-12-6-3-7-13-20/h3-19H,2H2,1H3/b23-18+,24-19-. The largest absolute Gasteiger partial charge is 0.335 e. The van der Waals surface area contributed by atoms with Crippen LogP contribution >= 0.6 is 35.7 Å². The minimum atomic E-state index is -0.0800. The number of hydrogen-bond donors (Lipinski definition) is 0. The van der Waals surface area contributed by atoms with Gasteiger partial charge in [-0.05, 0) is 42.3 Å². The molecule has 0 radical (unpaired) electrons. The van der Waals surface area contributed by atoms with Crippen molar-refractivity contribution in [2.45, 2.75) is 6.92 Å². The van der Waals surface area contributed by atoms with E-state index >= 15 is 0 Å². The summed E-state index contributed by atoms with van der Waals surface area (Å²) in [6, 6.07) is 30.5. The molecular formula is C28H22N2OS3. The molecule has 168 valence electrons. The van der Waals surface area contributed by atoms with Crippen LogP contribution < -0.4 is 4.90 Å². The van der Waals surface area contributed by atoms with Crippen molar-refractivity contribution in [2.24, 2.45) is 0 Å². The molecule has 0 bridgehead atoms. The van der Waals surface area contributed by atoms with Gasteiger partial charge in [-0.15, -0.1) is 0 Å². The Morgan fingerprint density at radius 1 is 0.794 bits per heavy atom. The monoisotopic (exact) mass is 498 g/mol. The lowest BCUT2D eigenvalue weighted by Crippen LogP contribution is -2.27. The second-order valence-corrected chi connectivity index (χ2v) is 10.3. The molecule has 1 saturated heterocycles. The molecule has 3 aromatic carbocycles. The SMILES string of the molecule is CCN1C(c2ccccc2)=C(c2ccccc2)S/C1=C\C=C1\SC(=S)N(c2ccccc2)C1=O. The Morgan fingerprint density at radius 2 is 1.38 bits per heavy atom. The molecule has 3 nitrogen and oxygen atoms in total. The molecule has 1 amide bonds. The number of amides is 1. The molecule has 0 saturated carbocycles. The highest BCUT2D eigenvalue weighted by molar-refractivity contribution is 8.27. The van der Waals surface area contributed by atoms with Gasteiger partial charge in [-0.2, -0.15) is 0 Å². The van der Waals surface area contributed by atoms with Crippen molar-refractivity contribution in [1.82, 2.24) is 4.90 Å². The number of thioether (sulfide) groups is 2. The summed E-state index contributed by atoms with van der Waals surface area (Å²) in [6.07, 6.45) is 3.95. The molecule has 0 spiro atoms. The van der Waals surface area contributed by atoms with Gasteiger partial charge in [0.2, 0.25) is 0 Å². The molecule has 5 rings (SSSR count). The van der Waals surface area contributed by atoms with Gasteiger partial charge >= 0.3 is 0 Å². The minimum absolute atomic E-state index is 0.0800. The number of rotatable bonds is 5. The zero-order valence-electron chi connectivity index (χ0n) is 18.5. The zero-order valence-corrected chi connectivity index (χ0v) is 21.0. The lowest BCUT2D eigenvalue weighted by molar-refractivity contribution is -0.113. The average molecular weight is 499 g/mol. The van der Waals surface area contributed by atoms with E-state index in [-0.39, 0.29) is 5.91 Å². The summed E-state index contributed by atoms with van der Waals surface area (Å²) in [4.78, 5) is 18.9. The van der Waals surface area contributed by atoms with Crippen LogP contribution in [0.2, 0.25) is 0 Å². The number of thiocarbonyl (C=S) groups is 1. The maximum Gasteiger partial charge on any atom is 0.270 e. The average Bonchev–Trinajstić information content (AvgIpc) is 3.40. The van der Waals surface area contributed by atoms with Crippen LogP contribution in [0.15, 0.2) is 113 Å². The third-order valence-corrected chi connectivity index (χ3v) is 8.06. The smallest absolute Gasteiger partial charge is 0.270 e. The first kappa shape index (κ1) is 22.7. The highest BCUT2D eigenvalue weighted by Crippen LogP contribution is 2.50. The molecule has 3 aromatic rings. The maximum absolute atomic E-state index is 13.1. The fourth-order valence-electron chi connectivity index (χ4n) is 3.98. The van der Waals surface area contributed by atoms with E-state index in [9.17, 15) is 4.79 Å². The molecular weight excluding hydrogens is 477 g/mol. The molecule has 1 fully saturated rings. The fourth-order valence-corrected chi connectivity index (χ4v) is 6.47. The lowest BCUT2D eigenvalue weighted by atomic mass is 10.1. The Balaban J connectivity index is 1.50. The minimum Gasteiger partial charge on any atom is -0.335 e.